The van der Waals surface area contributed by atoms with Crippen LogP contribution in [0.25, 0.3) is 0 Å². The lowest BCUT2D eigenvalue weighted by molar-refractivity contribution is 0.0761. The Balaban J connectivity index is 1.77. The van der Waals surface area contributed by atoms with Crippen molar-refractivity contribution < 1.29 is 4.74 Å². The predicted molar refractivity (Wildman–Crippen MR) is 99.6 cm³/mol. The molecule has 0 saturated heterocycles. The first kappa shape index (κ1) is 16.8. The molecule has 0 N–H and O–H groups in total. The fourth-order valence-electron chi connectivity index (χ4n) is 2.81. The molecule has 1 aliphatic rings. The molecular formula is C18H24N2OS2. The Morgan fingerprint density at radius 3 is 3.04 bits per heavy atom. The molecular weight excluding hydrogens is 324 g/mol. The van der Waals surface area contributed by atoms with Crippen LogP contribution in [-0.4, -0.2) is 23.4 Å². The summed E-state index contributed by atoms with van der Waals surface area (Å²) in [5.74, 6) is 0. The van der Waals surface area contributed by atoms with Crippen LogP contribution in [0.2, 0.25) is 0 Å². The van der Waals surface area contributed by atoms with Crippen LogP contribution in [-0.2, 0) is 11.3 Å². The lowest BCUT2D eigenvalue weighted by atomic mass is 10.2. The van der Waals surface area contributed by atoms with Gasteiger partial charge in [-0.2, -0.15) is 0 Å². The van der Waals surface area contributed by atoms with Crippen LogP contribution in [0.1, 0.15) is 44.0 Å². The van der Waals surface area contributed by atoms with Gasteiger partial charge in [0, 0.05) is 28.7 Å². The maximum atomic E-state index is 5.65. The minimum atomic E-state index is 0.0887. The van der Waals surface area contributed by atoms with Crippen molar-refractivity contribution in [3.63, 3.8) is 0 Å². The Morgan fingerprint density at radius 2 is 2.22 bits per heavy atom. The van der Waals surface area contributed by atoms with Gasteiger partial charge in [0.1, 0.15) is 11.1 Å². The van der Waals surface area contributed by atoms with Gasteiger partial charge in [0.05, 0.1) is 17.9 Å². The average molecular weight is 349 g/mol. The number of anilines is 1. The van der Waals surface area contributed by atoms with E-state index in [0.29, 0.717) is 5.25 Å². The highest BCUT2D eigenvalue weighted by Crippen LogP contribution is 2.38. The Hall–Kier alpha value is -1.04. The molecule has 1 aromatic carbocycles. The molecule has 2 unspecified atom stereocenters. The maximum absolute atomic E-state index is 5.65. The number of hydrogen-bond acceptors (Lipinski definition) is 5. The van der Waals surface area contributed by atoms with Gasteiger partial charge >= 0.3 is 0 Å². The third-order valence-corrected chi connectivity index (χ3v) is 6.32. The Kier molecular flexibility index (Phi) is 5.62. The maximum Gasteiger partial charge on any atom is 0.122 e. The highest BCUT2D eigenvalue weighted by atomic mass is 32.2. The second-order valence-corrected chi connectivity index (χ2v) is 8.25. The van der Waals surface area contributed by atoms with E-state index in [0.717, 1.165) is 30.4 Å². The summed E-state index contributed by atoms with van der Waals surface area (Å²) in [6, 6.07) is 8.73. The van der Waals surface area contributed by atoms with Crippen molar-refractivity contribution in [2.45, 2.75) is 50.0 Å². The molecule has 0 aliphatic carbocycles. The van der Waals surface area contributed by atoms with Gasteiger partial charge in [-0.05, 0) is 32.4 Å². The van der Waals surface area contributed by atoms with E-state index in [2.05, 4.69) is 48.4 Å². The first-order valence-corrected chi connectivity index (χ1v) is 9.99. The fraction of sp³-hybridized carbons (Fsp3) is 0.500. The minimum absolute atomic E-state index is 0.0887. The molecule has 0 fully saturated rings. The van der Waals surface area contributed by atoms with Crippen LogP contribution >= 0.6 is 23.1 Å². The van der Waals surface area contributed by atoms with Crippen molar-refractivity contribution in [3.05, 3.63) is 40.3 Å². The van der Waals surface area contributed by atoms with Crippen LogP contribution in [0, 0.1) is 0 Å². The van der Waals surface area contributed by atoms with Crippen molar-refractivity contribution in [1.82, 2.24) is 4.98 Å². The molecule has 124 valence electrons. The topological polar surface area (TPSA) is 25.4 Å². The lowest BCUT2D eigenvalue weighted by Crippen LogP contribution is -2.24. The van der Waals surface area contributed by atoms with Crippen LogP contribution < -0.4 is 4.90 Å². The third-order valence-electron chi connectivity index (χ3n) is 4.03. The van der Waals surface area contributed by atoms with Crippen molar-refractivity contribution in [1.29, 1.82) is 0 Å². The molecule has 2 atom stereocenters. The normalized spacial score (nSPS) is 19.3. The van der Waals surface area contributed by atoms with Crippen molar-refractivity contribution >= 4 is 28.8 Å². The molecule has 1 aliphatic heterocycles. The number of benzene rings is 1. The SMILES string of the molecule is CCOC(C)c1nc(CN2CCC(C)Sc3ccccc32)cs1. The fourth-order valence-corrected chi connectivity index (χ4v) is 4.76. The van der Waals surface area contributed by atoms with Crippen molar-refractivity contribution in [3.8, 4) is 0 Å². The second-order valence-electron chi connectivity index (χ2n) is 5.88. The summed E-state index contributed by atoms with van der Waals surface area (Å²) >= 11 is 3.69. The van der Waals surface area contributed by atoms with Gasteiger partial charge in [0.2, 0.25) is 0 Å². The van der Waals surface area contributed by atoms with E-state index in [9.17, 15) is 0 Å². The minimum Gasteiger partial charge on any atom is -0.372 e. The molecule has 1 aromatic heterocycles. The number of fused-ring (bicyclic) bond motifs is 1. The molecule has 2 aromatic rings. The standard InChI is InChI=1S/C18H24N2OS2/c1-4-21-14(3)18-19-15(12-22-18)11-20-10-9-13(2)23-17-8-6-5-7-16(17)20/h5-8,12-14H,4,9-11H2,1-3H3. The number of ether oxygens (including phenoxy) is 1. The van der Waals surface area contributed by atoms with Gasteiger partial charge < -0.3 is 9.64 Å². The number of hydrogen-bond donors (Lipinski definition) is 0. The van der Waals surface area contributed by atoms with Crippen LogP contribution in [0.4, 0.5) is 5.69 Å². The van der Waals surface area contributed by atoms with E-state index in [-0.39, 0.29) is 6.10 Å². The Labute approximate surface area is 147 Å². The van der Waals surface area contributed by atoms with E-state index in [1.165, 1.54) is 17.0 Å². The monoisotopic (exact) mass is 348 g/mol. The summed E-state index contributed by atoms with van der Waals surface area (Å²) in [7, 11) is 0. The molecule has 5 heteroatoms. The summed E-state index contributed by atoms with van der Waals surface area (Å²) in [4.78, 5) is 8.64. The Morgan fingerprint density at radius 1 is 1.39 bits per heavy atom. The zero-order valence-corrected chi connectivity index (χ0v) is 15.6. The lowest BCUT2D eigenvalue weighted by Gasteiger charge is -2.23. The number of rotatable bonds is 5. The number of aromatic nitrogens is 1. The second kappa shape index (κ2) is 7.69. The van der Waals surface area contributed by atoms with Gasteiger partial charge in [-0.15, -0.1) is 23.1 Å². The first-order chi connectivity index (χ1) is 11.2. The van der Waals surface area contributed by atoms with Gasteiger partial charge in [-0.3, -0.25) is 0 Å². The third kappa shape index (κ3) is 4.08. The molecule has 2 heterocycles. The number of thiazole rings is 1. The van der Waals surface area contributed by atoms with Crippen molar-refractivity contribution in [2.24, 2.45) is 0 Å². The quantitative estimate of drug-likeness (QED) is 0.748. The molecule has 0 bridgehead atoms. The first-order valence-electron chi connectivity index (χ1n) is 8.24. The van der Waals surface area contributed by atoms with Crippen molar-refractivity contribution in [2.75, 3.05) is 18.1 Å². The zero-order valence-electron chi connectivity index (χ0n) is 14.0. The van der Waals surface area contributed by atoms with Gasteiger partial charge in [0.15, 0.2) is 0 Å². The molecule has 0 spiro atoms. The number of nitrogens with zero attached hydrogens (tertiary/aromatic N) is 2. The smallest absolute Gasteiger partial charge is 0.122 e. The molecule has 0 amide bonds. The largest absolute Gasteiger partial charge is 0.372 e. The highest BCUT2D eigenvalue weighted by molar-refractivity contribution is 8.00. The summed E-state index contributed by atoms with van der Waals surface area (Å²) in [5.41, 5.74) is 2.49. The molecule has 3 rings (SSSR count). The van der Waals surface area contributed by atoms with Gasteiger partial charge in [-0.1, -0.05) is 19.1 Å². The zero-order chi connectivity index (χ0) is 16.2. The summed E-state index contributed by atoms with van der Waals surface area (Å²) in [5, 5.41) is 3.91. The van der Waals surface area contributed by atoms with Crippen LogP contribution in [0.5, 0.6) is 0 Å². The summed E-state index contributed by atoms with van der Waals surface area (Å²) in [6.07, 6.45) is 1.29. The highest BCUT2D eigenvalue weighted by Gasteiger charge is 2.20. The average Bonchev–Trinajstić information content (AvgIpc) is 2.94. The van der Waals surface area contributed by atoms with Gasteiger partial charge in [-0.25, -0.2) is 4.98 Å². The van der Waals surface area contributed by atoms with E-state index < -0.39 is 0 Å². The molecule has 23 heavy (non-hydrogen) atoms. The summed E-state index contributed by atoms with van der Waals surface area (Å²) in [6.45, 7) is 9.10. The number of thioether (sulfide) groups is 1. The molecule has 3 nitrogen and oxygen atoms in total. The predicted octanol–water partition coefficient (Wildman–Crippen LogP) is 5.13. The van der Waals surface area contributed by atoms with E-state index >= 15 is 0 Å². The molecule has 0 radical (unpaired) electrons. The van der Waals surface area contributed by atoms with E-state index in [1.807, 2.05) is 18.7 Å². The van der Waals surface area contributed by atoms with E-state index in [1.54, 1.807) is 11.3 Å². The van der Waals surface area contributed by atoms with Gasteiger partial charge in [0.25, 0.3) is 0 Å². The Bertz CT molecular complexity index is 643. The van der Waals surface area contributed by atoms with E-state index in [4.69, 9.17) is 9.72 Å². The van der Waals surface area contributed by atoms with Crippen LogP contribution in [0.15, 0.2) is 34.5 Å². The molecule has 0 saturated carbocycles. The summed E-state index contributed by atoms with van der Waals surface area (Å²) < 4.78 is 5.65. The van der Waals surface area contributed by atoms with Crippen LogP contribution in [0.3, 0.4) is 0 Å². The number of para-hydroxylation sites is 1.